The molecule has 0 saturated carbocycles. The summed E-state index contributed by atoms with van der Waals surface area (Å²) in [5, 5.41) is 18.4. The molecule has 0 unspecified atom stereocenters. The van der Waals surface area contributed by atoms with Gasteiger partial charge in [-0.1, -0.05) is 187 Å². The average Bonchev–Trinajstić information content (AvgIpc) is 4.02. The maximum atomic E-state index is 5.00. The van der Waals surface area contributed by atoms with Gasteiger partial charge in [0.05, 0.1) is 0 Å². The average molecular weight is 860 g/mol. The number of benzene rings is 12. The van der Waals surface area contributed by atoms with Crippen LogP contribution in [-0.4, -0.2) is 0 Å². The van der Waals surface area contributed by atoms with Crippen molar-refractivity contribution < 1.29 is 13.3 Å². The van der Waals surface area contributed by atoms with Gasteiger partial charge in [0.15, 0.2) is 0 Å². The molecule has 322 valence electrons. The fraction of sp³-hybridized carbons (Fsp3) is 0.121. The summed E-state index contributed by atoms with van der Waals surface area (Å²) < 4.78 is 40.0. The smallest absolute Gasteiger partial charge is 0 e. The zero-order chi connectivity index (χ0) is 52.4. The van der Waals surface area contributed by atoms with Crippen LogP contribution < -0.4 is 0 Å². The third-order valence-corrected chi connectivity index (χ3v) is 15.3. The minimum Gasteiger partial charge on any atom is -0.0622 e. The van der Waals surface area contributed by atoms with E-state index in [1.54, 1.807) is 0 Å². The molecule has 0 nitrogen and oxygen atoms in total. The Hall–Kier alpha value is -7.54. The van der Waals surface area contributed by atoms with Crippen molar-refractivity contribution in [2.75, 3.05) is 0 Å². The van der Waals surface area contributed by atoms with Gasteiger partial charge in [-0.3, -0.25) is 0 Å². The summed E-state index contributed by atoms with van der Waals surface area (Å²) in [4.78, 5) is 0. The molecule has 0 N–H and O–H groups in total. The molecule has 0 atom stereocenters. The predicted octanol–water partition coefficient (Wildman–Crippen LogP) is 20.2. The zero-order valence-electron chi connectivity index (χ0n) is 46.3. The number of hydrogen-bond donors (Lipinski definition) is 0. The van der Waals surface area contributed by atoms with Crippen molar-refractivity contribution in [1.29, 1.82) is 0 Å². The quantitative estimate of drug-likeness (QED) is 0.152. The SMILES string of the molecule is CC(C)(C)c1ccc2c(c1)cc1c3c(cccc32)-c2c-1c(-c1ccccc1)c1ccc3c4cc5c(cc4ccc3c1c2-c1ccccc1)-c1cc2ccccc2c2cc(C(C)(C)C)cc-5c12.[2HH].[2H][2H].[2H][2H].[2H][2H].[2H][2H]. The van der Waals surface area contributed by atoms with Crippen LogP contribution in [0.15, 0.2) is 182 Å². The second-order valence-electron chi connectivity index (χ2n) is 21.2. The standard InChI is InChI=1S/C66H48.5H2/c1-65(2,3)42-25-27-45-41(30-42)33-57-60-47(45)22-15-23-49(60)63-59(38-18-11-8-12-19-38)62-48-26-24-40-31-52-53(36-51(40)46(48)28-29-50(62)58(64(57)63)37-16-9-7-10-17-37)56-35-43(66(4,5)6)34-55-44-21-14-13-20-39(44)32-54(52)61(55)56;;;;;/h7-36H,1-6H3;5*1H/i;4*1+1D;1+1. The maximum Gasteiger partial charge on any atom is 0 e. The van der Waals surface area contributed by atoms with Crippen molar-refractivity contribution in [3.63, 3.8) is 0 Å². The normalized spacial score (nSPS) is 13.5. The molecule has 0 aliphatic heterocycles. The number of hydrogen-bond acceptors (Lipinski definition) is 0. The minimum absolute atomic E-state index is 0. The van der Waals surface area contributed by atoms with Crippen LogP contribution >= 0.6 is 0 Å². The Morgan fingerprint density at radius 1 is 0.273 bits per heavy atom. The largest absolute Gasteiger partial charge is 0.0622 e. The van der Waals surface area contributed by atoms with Gasteiger partial charge in [-0.15, -0.1) is 0 Å². The van der Waals surface area contributed by atoms with Crippen molar-refractivity contribution in [1.82, 2.24) is 0 Å². The zero-order valence-corrected chi connectivity index (χ0v) is 38.3. The van der Waals surface area contributed by atoms with Gasteiger partial charge >= 0.3 is 0 Å². The van der Waals surface area contributed by atoms with Crippen LogP contribution in [-0.2, 0) is 10.8 Å². The van der Waals surface area contributed by atoms with E-state index in [1.165, 1.54) is 153 Å². The van der Waals surface area contributed by atoms with Gasteiger partial charge in [0, 0.05) is 13.3 Å². The molecule has 0 amide bonds. The summed E-state index contributed by atoms with van der Waals surface area (Å²) >= 11 is 0. The summed E-state index contributed by atoms with van der Waals surface area (Å²) in [5.74, 6) is 0. The van der Waals surface area contributed by atoms with E-state index in [2.05, 4.69) is 224 Å². The first-order valence-corrected chi connectivity index (χ1v) is 23.7. The summed E-state index contributed by atoms with van der Waals surface area (Å²) in [6.45, 7) is 14.0. The van der Waals surface area contributed by atoms with E-state index in [-0.39, 0.29) is 12.3 Å². The molecular formula is C66H58. The lowest BCUT2D eigenvalue weighted by atomic mass is 9.80. The Morgan fingerprint density at radius 3 is 1.59 bits per heavy atom. The van der Waals surface area contributed by atoms with Crippen LogP contribution in [0.1, 0.15) is 66.0 Å². The molecule has 12 aromatic rings. The minimum atomic E-state index is 0. The first-order chi connectivity index (χ1) is 36.0. The Kier molecular flexibility index (Phi) is 6.70. The van der Waals surface area contributed by atoms with Gasteiger partial charge in [0.2, 0.25) is 0 Å². The summed E-state index contributed by atoms with van der Waals surface area (Å²) in [6.07, 6.45) is 0. The molecule has 0 aromatic heterocycles. The molecule has 0 fully saturated rings. The van der Waals surface area contributed by atoms with Crippen LogP contribution in [0, 0.1) is 0 Å². The first kappa shape index (κ1) is 33.9. The highest BCUT2D eigenvalue weighted by Gasteiger charge is 2.33. The first-order valence-electron chi connectivity index (χ1n) is 27.7. The lowest BCUT2D eigenvalue weighted by molar-refractivity contribution is 0.591. The van der Waals surface area contributed by atoms with E-state index in [4.69, 9.17) is 11.9 Å². The van der Waals surface area contributed by atoms with Gasteiger partial charge in [-0.25, -0.2) is 0 Å². The van der Waals surface area contributed by atoms with Gasteiger partial charge in [-0.05, 0) is 201 Å². The lowest BCUT2D eigenvalue weighted by Gasteiger charge is -2.22. The van der Waals surface area contributed by atoms with E-state index in [0.717, 1.165) is 0 Å². The van der Waals surface area contributed by atoms with Crippen LogP contribution in [0.5, 0.6) is 0 Å². The molecule has 12 aromatic carbocycles. The fourth-order valence-electron chi connectivity index (χ4n) is 12.2. The van der Waals surface area contributed by atoms with E-state index < -0.39 is 0 Å². The summed E-state index contributed by atoms with van der Waals surface area (Å²) in [7, 11) is 0. The third kappa shape index (κ3) is 5.10. The van der Waals surface area contributed by atoms with E-state index in [1.807, 2.05) is 0 Å². The number of fused-ring (bicyclic) bond motifs is 15. The molecule has 66 heavy (non-hydrogen) atoms. The van der Waals surface area contributed by atoms with E-state index >= 15 is 0 Å². The molecule has 0 radical (unpaired) electrons. The molecule has 0 heteroatoms. The molecule has 0 heterocycles. The van der Waals surface area contributed by atoms with Crippen molar-refractivity contribution in [3.05, 3.63) is 193 Å². The van der Waals surface area contributed by atoms with Crippen LogP contribution in [0.3, 0.4) is 0 Å². The predicted molar refractivity (Wildman–Crippen MR) is 297 cm³/mol. The van der Waals surface area contributed by atoms with Crippen LogP contribution in [0.2, 0.25) is 0 Å². The monoisotopic (exact) mass is 860 g/mol. The van der Waals surface area contributed by atoms with Crippen molar-refractivity contribution in [2.24, 2.45) is 0 Å². The Balaban J connectivity index is 0.000000733. The van der Waals surface area contributed by atoms with E-state index in [9.17, 15) is 0 Å². The van der Waals surface area contributed by atoms with E-state index in [0.29, 0.717) is 0 Å². The summed E-state index contributed by atoms with van der Waals surface area (Å²) in [6, 6.07) is 70.2. The van der Waals surface area contributed by atoms with Gasteiger partial charge in [0.25, 0.3) is 0 Å². The van der Waals surface area contributed by atoms with Crippen molar-refractivity contribution in [3.8, 4) is 66.8 Å². The highest BCUT2D eigenvalue weighted by Crippen LogP contribution is 2.60. The molecule has 2 aliphatic rings. The van der Waals surface area contributed by atoms with Crippen LogP contribution in [0.25, 0.3) is 142 Å². The summed E-state index contributed by atoms with van der Waals surface area (Å²) in [5.41, 5.74) is 18.6. The molecular weight excluding hydrogens is 793 g/mol. The molecule has 2 aliphatic carbocycles. The highest BCUT2D eigenvalue weighted by atomic mass is 14.4. The second kappa shape index (κ2) is 13.1. The van der Waals surface area contributed by atoms with Gasteiger partial charge < -0.3 is 0 Å². The Morgan fingerprint density at radius 2 is 0.818 bits per heavy atom. The Labute approximate surface area is 399 Å². The molecule has 0 saturated heterocycles. The number of rotatable bonds is 2. The maximum absolute atomic E-state index is 5.00. The topological polar surface area (TPSA) is 0 Å². The van der Waals surface area contributed by atoms with Gasteiger partial charge in [0.1, 0.15) is 0 Å². The van der Waals surface area contributed by atoms with Crippen molar-refractivity contribution >= 4 is 75.4 Å². The third-order valence-electron chi connectivity index (χ3n) is 15.3. The lowest BCUT2D eigenvalue weighted by Crippen LogP contribution is -2.11. The molecule has 0 spiro atoms. The Bertz CT molecular complexity index is 4170. The second-order valence-corrected chi connectivity index (χ2v) is 21.2. The van der Waals surface area contributed by atoms with Crippen molar-refractivity contribution in [2.45, 2.75) is 52.4 Å². The fourth-order valence-corrected chi connectivity index (χ4v) is 12.2. The molecule has 0 bridgehead atoms. The van der Waals surface area contributed by atoms with Gasteiger partial charge in [-0.2, -0.15) is 0 Å². The highest BCUT2D eigenvalue weighted by molar-refractivity contribution is 6.35. The van der Waals surface area contributed by atoms with Crippen LogP contribution in [0.4, 0.5) is 0 Å². The molecule has 14 rings (SSSR count).